The van der Waals surface area contributed by atoms with Gasteiger partial charge in [0.2, 0.25) is 0 Å². The van der Waals surface area contributed by atoms with Crippen LogP contribution in [0.3, 0.4) is 0 Å². The Morgan fingerprint density at radius 1 is 0.517 bits per heavy atom. The monoisotopic (exact) mass is 474 g/mol. The van der Waals surface area contributed by atoms with Crippen molar-refractivity contribution < 1.29 is 35.0 Å². The summed E-state index contributed by atoms with van der Waals surface area (Å²) in [5.74, 6) is 0. The molecule has 176 valence electrons. The Hall–Kier alpha value is 0.144. The van der Waals surface area contributed by atoms with Gasteiger partial charge in [0.15, 0.2) is 9.84 Å². The van der Waals surface area contributed by atoms with E-state index in [2.05, 4.69) is 0 Å². The summed E-state index contributed by atoms with van der Waals surface area (Å²) in [5.41, 5.74) is 0. The van der Waals surface area contributed by atoms with Crippen LogP contribution in [0, 0.1) is 0 Å². The molecule has 0 aliphatic rings. The lowest BCUT2D eigenvalue weighted by Crippen LogP contribution is -2.66. The summed E-state index contributed by atoms with van der Waals surface area (Å²) in [7, 11) is -10.9. The average Bonchev–Trinajstić information content (AvgIpc) is 2.63. The Morgan fingerprint density at radius 3 is 0.862 bits per heavy atom. The minimum absolute atomic E-state index is 0.305. The van der Waals surface area contributed by atoms with Gasteiger partial charge in [-0.05, 0) is 54.4 Å². The number of hydrogen-bond donors (Lipinski definition) is 0. The van der Waals surface area contributed by atoms with Gasteiger partial charge in [-0.2, -0.15) is 0 Å². The molecule has 0 N–H and O–H groups in total. The van der Waals surface area contributed by atoms with Gasteiger partial charge in [-0.3, -0.25) is 0 Å². The predicted molar refractivity (Wildman–Crippen MR) is 118 cm³/mol. The number of sulfone groups is 1. The van der Waals surface area contributed by atoms with Crippen molar-refractivity contribution in [1.29, 1.82) is 0 Å². The highest BCUT2D eigenvalue weighted by Crippen LogP contribution is 2.33. The first-order valence-corrected chi connectivity index (χ1v) is 16.0. The van der Waals surface area contributed by atoms with Gasteiger partial charge < -0.3 is 26.6 Å². The standard InChI is InChI=1S/C18H42O8SSi2/c1-9-17(28(21-11-3,22-12-4)23-13-5)27(19,20)18(10-2)29(24-14-6,25-15-7)26-16-8/h17-18H,9-16H2,1-8H3. The second-order valence-electron chi connectivity index (χ2n) is 6.19. The molecule has 0 bridgehead atoms. The Bertz CT molecular complexity index is 458. The average molecular weight is 475 g/mol. The van der Waals surface area contributed by atoms with Crippen LogP contribution < -0.4 is 0 Å². The zero-order valence-corrected chi connectivity index (χ0v) is 22.3. The van der Waals surface area contributed by atoms with Crippen LogP contribution in [0.15, 0.2) is 0 Å². The molecule has 0 aromatic rings. The summed E-state index contributed by atoms with van der Waals surface area (Å²) >= 11 is 0. The molecule has 11 heteroatoms. The minimum Gasteiger partial charge on any atom is -0.373 e. The molecule has 2 unspecified atom stereocenters. The lowest BCUT2D eigenvalue weighted by atomic mass is 10.6. The van der Waals surface area contributed by atoms with Gasteiger partial charge in [-0.1, -0.05) is 13.8 Å². The van der Waals surface area contributed by atoms with Crippen molar-refractivity contribution in [3.63, 3.8) is 0 Å². The summed E-state index contributed by atoms with van der Waals surface area (Å²) in [6.45, 7) is 16.4. The molecule has 0 aromatic carbocycles. The second kappa shape index (κ2) is 14.3. The summed E-state index contributed by atoms with van der Waals surface area (Å²) < 4.78 is 63.7. The van der Waals surface area contributed by atoms with Crippen LogP contribution in [0.4, 0.5) is 0 Å². The van der Waals surface area contributed by atoms with Crippen LogP contribution in [0.2, 0.25) is 0 Å². The van der Waals surface area contributed by atoms with Crippen molar-refractivity contribution >= 4 is 27.4 Å². The molecular weight excluding hydrogens is 432 g/mol. The zero-order chi connectivity index (χ0) is 22.6. The molecule has 0 saturated heterocycles. The molecule has 0 aliphatic heterocycles. The van der Waals surface area contributed by atoms with Crippen LogP contribution >= 0.6 is 0 Å². The molecule has 0 aliphatic carbocycles. The molecule has 2 atom stereocenters. The minimum atomic E-state index is -3.84. The molecule has 0 fully saturated rings. The summed E-state index contributed by atoms with van der Waals surface area (Å²) in [6.07, 6.45) is 0.611. The van der Waals surface area contributed by atoms with Gasteiger partial charge in [-0.25, -0.2) is 8.42 Å². The van der Waals surface area contributed by atoms with Crippen molar-refractivity contribution in [2.45, 2.75) is 78.0 Å². The van der Waals surface area contributed by atoms with Crippen LogP contribution in [0.1, 0.15) is 68.2 Å². The van der Waals surface area contributed by atoms with Crippen molar-refractivity contribution in [3.05, 3.63) is 0 Å². The molecule has 0 rings (SSSR count). The first-order valence-electron chi connectivity index (χ1n) is 10.8. The van der Waals surface area contributed by atoms with Gasteiger partial charge in [0.25, 0.3) is 0 Å². The zero-order valence-electron chi connectivity index (χ0n) is 19.5. The third kappa shape index (κ3) is 7.07. The Balaban J connectivity index is 6.53. The molecule has 0 aromatic heterocycles. The Labute approximate surface area is 180 Å². The second-order valence-corrected chi connectivity index (χ2v) is 14.9. The summed E-state index contributed by atoms with van der Waals surface area (Å²) in [4.78, 5) is -1.85. The predicted octanol–water partition coefficient (Wildman–Crippen LogP) is 3.13. The maximum absolute atomic E-state index is 14.0. The first kappa shape index (κ1) is 29.1. The van der Waals surface area contributed by atoms with E-state index < -0.39 is 37.2 Å². The van der Waals surface area contributed by atoms with E-state index >= 15 is 0 Å². The van der Waals surface area contributed by atoms with Gasteiger partial charge in [0, 0.05) is 39.6 Å². The molecule has 0 heterocycles. The van der Waals surface area contributed by atoms with E-state index in [0.717, 1.165) is 0 Å². The smallest absolute Gasteiger partial charge is 0.373 e. The van der Waals surface area contributed by atoms with Crippen LogP contribution in [-0.2, 0) is 36.4 Å². The van der Waals surface area contributed by atoms with Crippen LogP contribution in [-0.4, -0.2) is 75.4 Å². The Kier molecular flexibility index (Phi) is 14.3. The maximum atomic E-state index is 14.0. The molecular formula is C18H42O8SSi2. The highest BCUT2D eigenvalue weighted by molar-refractivity contribution is 7.95. The molecule has 29 heavy (non-hydrogen) atoms. The summed E-state index contributed by atoms with van der Waals surface area (Å²) in [6, 6.07) is 0. The fourth-order valence-electron chi connectivity index (χ4n) is 3.58. The molecule has 0 saturated carbocycles. The van der Waals surface area contributed by atoms with E-state index in [4.69, 9.17) is 26.6 Å². The normalized spacial score (nSPS) is 15.4. The summed E-state index contributed by atoms with van der Waals surface area (Å²) in [5, 5.41) is 0. The van der Waals surface area contributed by atoms with Gasteiger partial charge >= 0.3 is 17.6 Å². The lowest BCUT2D eigenvalue weighted by Gasteiger charge is -2.39. The number of hydrogen-bond acceptors (Lipinski definition) is 8. The van der Waals surface area contributed by atoms with Crippen molar-refractivity contribution in [1.82, 2.24) is 0 Å². The highest BCUT2D eigenvalue weighted by atomic mass is 32.2. The number of rotatable bonds is 18. The van der Waals surface area contributed by atoms with E-state index in [1.807, 2.05) is 55.4 Å². The van der Waals surface area contributed by atoms with Gasteiger partial charge in [0.05, 0.1) is 0 Å². The van der Waals surface area contributed by atoms with Crippen molar-refractivity contribution in [2.24, 2.45) is 0 Å². The van der Waals surface area contributed by atoms with E-state index in [1.165, 1.54) is 0 Å². The highest BCUT2D eigenvalue weighted by Gasteiger charge is 2.63. The fraction of sp³-hybridized carbons (Fsp3) is 1.00. The van der Waals surface area contributed by atoms with E-state index in [9.17, 15) is 8.42 Å². The van der Waals surface area contributed by atoms with Gasteiger partial charge in [0.1, 0.15) is 9.75 Å². The maximum Gasteiger partial charge on any atom is 0.519 e. The van der Waals surface area contributed by atoms with Crippen LogP contribution in [0.25, 0.3) is 0 Å². The Morgan fingerprint density at radius 2 is 0.724 bits per heavy atom. The first-order chi connectivity index (χ1) is 13.7. The SMILES string of the molecule is CCO[Si](OCC)(OCC)C(CC)S(=O)(=O)C(CC)[Si](OCC)(OCC)OCC. The molecule has 0 spiro atoms. The van der Waals surface area contributed by atoms with Crippen molar-refractivity contribution in [3.8, 4) is 0 Å². The lowest BCUT2D eigenvalue weighted by molar-refractivity contribution is 0.0659. The quantitative estimate of drug-likeness (QED) is 0.280. The van der Waals surface area contributed by atoms with E-state index in [0.29, 0.717) is 52.5 Å². The van der Waals surface area contributed by atoms with E-state index in [1.54, 1.807) is 0 Å². The van der Waals surface area contributed by atoms with E-state index in [-0.39, 0.29) is 0 Å². The molecule has 0 amide bonds. The van der Waals surface area contributed by atoms with Crippen LogP contribution in [0.5, 0.6) is 0 Å². The topological polar surface area (TPSA) is 89.5 Å². The van der Waals surface area contributed by atoms with Crippen molar-refractivity contribution in [2.75, 3.05) is 39.6 Å². The fourth-order valence-corrected chi connectivity index (χ4v) is 15.8. The molecule has 8 nitrogen and oxygen atoms in total. The third-order valence-corrected chi connectivity index (χ3v) is 16.9. The van der Waals surface area contributed by atoms with Gasteiger partial charge in [-0.15, -0.1) is 0 Å². The molecule has 0 radical (unpaired) electrons. The largest absolute Gasteiger partial charge is 0.519 e. The third-order valence-electron chi connectivity index (χ3n) is 4.40.